The predicted molar refractivity (Wildman–Crippen MR) is 66.9 cm³/mol. The molecule has 2 unspecified atom stereocenters. The van der Waals surface area contributed by atoms with Crippen molar-refractivity contribution >= 4 is 5.82 Å². The van der Waals surface area contributed by atoms with Crippen molar-refractivity contribution in [1.82, 2.24) is 4.98 Å². The van der Waals surface area contributed by atoms with Gasteiger partial charge in [0.25, 0.3) is 0 Å². The van der Waals surface area contributed by atoms with Gasteiger partial charge in [0.15, 0.2) is 0 Å². The van der Waals surface area contributed by atoms with Crippen LogP contribution in [0.15, 0.2) is 18.3 Å². The highest BCUT2D eigenvalue weighted by atomic mass is 19.4. The Bertz CT molecular complexity index is 458. The number of fused-ring (bicyclic) bond motifs is 1. The third-order valence-electron chi connectivity index (χ3n) is 4.38. The Morgan fingerprint density at radius 2 is 1.95 bits per heavy atom. The summed E-state index contributed by atoms with van der Waals surface area (Å²) in [7, 11) is 0. The van der Waals surface area contributed by atoms with Crippen LogP contribution in [0.4, 0.5) is 19.0 Å². The minimum absolute atomic E-state index is 0.393. The Hall–Kier alpha value is -1.26. The van der Waals surface area contributed by atoms with Crippen molar-refractivity contribution in [3.05, 3.63) is 23.9 Å². The molecular formula is C14H17F3N2. The van der Waals surface area contributed by atoms with Crippen molar-refractivity contribution in [3.63, 3.8) is 0 Å². The Kier molecular flexibility index (Phi) is 3.15. The van der Waals surface area contributed by atoms with Crippen LogP contribution in [-0.4, -0.2) is 17.6 Å². The highest BCUT2D eigenvalue weighted by Gasteiger charge is 2.37. The van der Waals surface area contributed by atoms with Crippen molar-refractivity contribution in [2.75, 3.05) is 11.4 Å². The van der Waals surface area contributed by atoms with E-state index in [9.17, 15) is 13.2 Å². The number of halogens is 3. The Balaban J connectivity index is 1.86. The summed E-state index contributed by atoms with van der Waals surface area (Å²) in [6.45, 7) is 0.837. The fourth-order valence-corrected chi connectivity index (χ4v) is 3.44. The number of pyridine rings is 1. The summed E-state index contributed by atoms with van der Waals surface area (Å²) in [5.74, 6) is 1.13. The summed E-state index contributed by atoms with van der Waals surface area (Å²) < 4.78 is 38.2. The molecule has 104 valence electrons. The summed E-state index contributed by atoms with van der Waals surface area (Å²) in [6.07, 6.45) is 2.80. The van der Waals surface area contributed by atoms with Gasteiger partial charge in [-0.05, 0) is 37.3 Å². The Morgan fingerprint density at radius 3 is 2.74 bits per heavy atom. The topological polar surface area (TPSA) is 16.1 Å². The van der Waals surface area contributed by atoms with Gasteiger partial charge < -0.3 is 4.90 Å². The molecule has 1 aromatic heterocycles. The van der Waals surface area contributed by atoms with E-state index in [2.05, 4.69) is 9.88 Å². The van der Waals surface area contributed by atoms with Crippen LogP contribution >= 0.6 is 0 Å². The van der Waals surface area contributed by atoms with Crippen molar-refractivity contribution < 1.29 is 13.2 Å². The second kappa shape index (κ2) is 4.69. The molecule has 3 rings (SSSR count). The molecule has 19 heavy (non-hydrogen) atoms. The molecule has 2 fully saturated rings. The molecule has 2 nitrogen and oxygen atoms in total. The van der Waals surface area contributed by atoms with Gasteiger partial charge in [0.2, 0.25) is 0 Å². The third kappa shape index (κ3) is 2.42. The van der Waals surface area contributed by atoms with Gasteiger partial charge in [0, 0.05) is 18.8 Å². The average molecular weight is 270 g/mol. The maximum absolute atomic E-state index is 12.7. The van der Waals surface area contributed by atoms with E-state index < -0.39 is 11.7 Å². The Labute approximate surface area is 110 Å². The van der Waals surface area contributed by atoms with E-state index in [0.717, 1.165) is 25.5 Å². The lowest BCUT2D eigenvalue weighted by Gasteiger charge is -2.32. The van der Waals surface area contributed by atoms with E-state index in [1.807, 2.05) is 0 Å². The van der Waals surface area contributed by atoms with Crippen LogP contribution in [0, 0.1) is 5.92 Å². The van der Waals surface area contributed by atoms with Gasteiger partial charge in [-0.25, -0.2) is 4.98 Å². The molecule has 2 heterocycles. The van der Waals surface area contributed by atoms with Crippen molar-refractivity contribution in [3.8, 4) is 0 Å². The molecule has 2 atom stereocenters. The number of alkyl halides is 3. The Morgan fingerprint density at radius 1 is 1.16 bits per heavy atom. The molecular weight excluding hydrogens is 253 g/mol. The number of nitrogens with zero attached hydrogens (tertiary/aromatic N) is 2. The van der Waals surface area contributed by atoms with Crippen LogP contribution < -0.4 is 4.90 Å². The molecule has 0 amide bonds. The van der Waals surface area contributed by atoms with Crippen molar-refractivity contribution in [2.24, 2.45) is 5.92 Å². The number of anilines is 1. The number of rotatable bonds is 1. The van der Waals surface area contributed by atoms with Gasteiger partial charge >= 0.3 is 6.18 Å². The van der Waals surface area contributed by atoms with Crippen LogP contribution in [0.3, 0.4) is 0 Å². The predicted octanol–water partition coefficient (Wildman–Crippen LogP) is 3.87. The molecule has 5 heteroatoms. The standard InChI is InChI=1S/C14H17F3N2/c15-14(16,17)11-5-7-18-13(9-11)19-8-6-10-3-1-2-4-12(10)19/h5,7,9-10,12H,1-4,6,8H2. The molecule has 1 saturated carbocycles. The highest BCUT2D eigenvalue weighted by Crippen LogP contribution is 2.39. The van der Waals surface area contributed by atoms with Crippen molar-refractivity contribution in [1.29, 1.82) is 0 Å². The van der Waals surface area contributed by atoms with Crippen LogP contribution in [0.1, 0.15) is 37.7 Å². The summed E-state index contributed by atoms with van der Waals surface area (Å²) in [5, 5.41) is 0. The molecule has 0 aromatic carbocycles. The molecule has 0 N–H and O–H groups in total. The van der Waals surface area contributed by atoms with Gasteiger partial charge in [-0.3, -0.25) is 0 Å². The van der Waals surface area contributed by atoms with Crippen LogP contribution in [-0.2, 0) is 6.18 Å². The zero-order valence-electron chi connectivity index (χ0n) is 10.7. The van der Waals surface area contributed by atoms with E-state index >= 15 is 0 Å². The highest BCUT2D eigenvalue weighted by molar-refractivity contribution is 5.44. The van der Waals surface area contributed by atoms with Gasteiger partial charge in [0.05, 0.1) is 5.56 Å². The quantitative estimate of drug-likeness (QED) is 0.770. The zero-order chi connectivity index (χ0) is 13.5. The summed E-state index contributed by atoms with van der Waals surface area (Å²) in [6, 6.07) is 2.62. The average Bonchev–Trinajstić information content (AvgIpc) is 2.82. The molecule has 0 bridgehead atoms. The summed E-state index contributed by atoms with van der Waals surface area (Å²) in [4.78, 5) is 6.23. The lowest BCUT2D eigenvalue weighted by atomic mass is 9.85. The maximum Gasteiger partial charge on any atom is 0.416 e. The maximum atomic E-state index is 12.7. The van der Waals surface area contributed by atoms with E-state index in [1.54, 1.807) is 0 Å². The van der Waals surface area contributed by atoms with Crippen molar-refractivity contribution in [2.45, 2.75) is 44.3 Å². The first kappa shape index (κ1) is 12.8. The molecule has 0 spiro atoms. The largest absolute Gasteiger partial charge is 0.416 e. The van der Waals surface area contributed by atoms with Gasteiger partial charge in [-0.2, -0.15) is 13.2 Å². The minimum atomic E-state index is -4.29. The number of hydrogen-bond donors (Lipinski definition) is 0. The zero-order valence-corrected chi connectivity index (χ0v) is 10.7. The first-order valence-corrected chi connectivity index (χ1v) is 6.85. The number of hydrogen-bond acceptors (Lipinski definition) is 2. The fourth-order valence-electron chi connectivity index (χ4n) is 3.44. The molecule has 1 aliphatic heterocycles. The molecule has 0 radical (unpaired) electrons. The molecule has 1 aromatic rings. The van der Waals surface area contributed by atoms with E-state index in [0.29, 0.717) is 17.8 Å². The lowest BCUT2D eigenvalue weighted by molar-refractivity contribution is -0.137. The second-order valence-electron chi connectivity index (χ2n) is 5.49. The van der Waals surface area contributed by atoms with E-state index in [-0.39, 0.29) is 0 Å². The van der Waals surface area contributed by atoms with Crippen LogP contribution in [0.25, 0.3) is 0 Å². The van der Waals surface area contributed by atoms with E-state index in [1.165, 1.54) is 31.5 Å². The first-order chi connectivity index (χ1) is 9.05. The lowest BCUT2D eigenvalue weighted by Crippen LogP contribution is -2.35. The second-order valence-corrected chi connectivity index (χ2v) is 5.49. The van der Waals surface area contributed by atoms with Crippen LogP contribution in [0.2, 0.25) is 0 Å². The third-order valence-corrected chi connectivity index (χ3v) is 4.38. The SMILES string of the molecule is FC(F)(F)c1ccnc(N2CCC3CCCCC32)c1. The van der Waals surface area contributed by atoms with Crippen LogP contribution in [0.5, 0.6) is 0 Å². The molecule has 1 saturated heterocycles. The normalized spacial score (nSPS) is 27.4. The van der Waals surface area contributed by atoms with E-state index in [4.69, 9.17) is 0 Å². The number of aromatic nitrogens is 1. The monoisotopic (exact) mass is 270 g/mol. The molecule has 1 aliphatic carbocycles. The summed E-state index contributed by atoms with van der Waals surface area (Å²) >= 11 is 0. The molecule has 2 aliphatic rings. The first-order valence-electron chi connectivity index (χ1n) is 6.85. The van der Waals surface area contributed by atoms with Gasteiger partial charge in [0.1, 0.15) is 5.82 Å². The minimum Gasteiger partial charge on any atom is -0.353 e. The smallest absolute Gasteiger partial charge is 0.353 e. The van der Waals surface area contributed by atoms with Gasteiger partial charge in [-0.1, -0.05) is 12.8 Å². The fraction of sp³-hybridized carbons (Fsp3) is 0.643. The van der Waals surface area contributed by atoms with Gasteiger partial charge in [-0.15, -0.1) is 0 Å². The summed E-state index contributed by atoms with van der Waals surface area (Å²) in [5.41, 5.74) is -0.600.